The summed E-state index contributed by atoms with van der Waals surface area (Å²) in [5, 5.41) is 11.3. The Bertz CT molecular complexity index is 495. The summed E-state index contributed by atoms with van der Waals surface area (Å²) in [6.07, 6.45) is 4.99. The lowest BCUT2D eigenvalue weighted by Gasteiger charge is -2.08. The summed E-state index contributed by atoms with van der Waals surface area (Å²) in [6.45, 7) is 0. The van der Waals surface area contributed by atoms with Crippen LogP contribution in [0.25, 0.3) is 0 Å². The molecule has 0 spiro atoms. The molecule has 0 N–H and O–H groups in total. The van der Waals surface area contributed by atoms with Crippen molar-refractivity contribution < 1.29 is 9.72 Å². The Morgan fingerprint density at radius 3 is 2.68 bits per heavy atom. The second-order valence-corrected chi connectivity index (χ2v) is 5.41. The number of hydrogen-bond donors (Lipinski definition) is 0. The van der Waals surface area contributed by atoms with Crippen LogP contribution in [0.3, 0.4) is 0 Å². The summed E-state index contributed by atoms with van der Waals surface area (Å²) >= 11 is 5.76. The normalized spacial score (nSPS) is 15.6. The van der Waals surface area contributed by atoms with Gasteiger partial charge in [0, 0.05) is 29.0 Å². The molecule has 102 valence electrons. The Kier molecular flexibility index (Phi) is 4.53. The van der Waals surface area contributed by atoms with Crippen molar-refractivity contribution in [2.45, 2.75) is 38.5 Å². The van der Waals surface area contributed by atoms with E-state index in [2.05, 4.69) is 0 Å². The maximum absolute atomic E-state index is 12.0. The van der Waals surface area contributed by atoms with E-state index in [-0.39, 0.29) is 17.4 Å². The summed E-state index contributed by atoms with van der Waals surface area (Å²) < 4.78 is 0. The van der Waals surface area contributed by atoms with Gasteiger partial charge < -0.3 is 0 Å². The Hall–Kier alpha value is -1.42. The second-order valence-electron chi connectivity index (χ2n) is 4.98. The first-order valence-electron chi connectivity index (χ1n) is 6.53. The van der Waals surface area contributed by atoms with Gasteiger partial charge in [0.25, 0.3) is 5.69 Å². The molecule has 5 heteroatoms. The number of nitro groups is 1. The molecule has 0 unspecified atom stereocenters. The molecule has 1 aliphatic rings. The molecule has 1 fully saturated rings. The highest BCUT2D eigenvalue weighted by atomic mass is 35.5. The minimum atomic E-state index is -0.443. The van der Waals surface area contributed by atoms with E-state index in [1.54, 1.807) is 12.1 Å². The number of carbonyl (C=O) groups excluding carboxylic acids is 1. The van der Waals surface area contributed by atoms with Gasteiger partial charge in [-0.25, -0.2) is 0 Å². The Labute approximate surface area is 116 Å². The Morgan fingerprint density at radius 2 is 2.05 bits per heavy atom. The largest absolute Gasteiger partial charge is 0.299 e. The van der Waals surface area contributed by atoms with Crippen molar-refractivity contribution in [2.24, 2.45) is 5.92 Å². The lowest BCUT2D eigenvalue weighted by Crippen LogP contribution is -2.11. The van der Waals surface area contributed by atoms with Gasteiger partial charge in [-0.05, 0) is 25.3 Å². The standard InChI is InChI=1S/C14H16ClNO3/c15-12-7-5-10(13(9-12)16(18)19)6-8-14(17)11-3-1-2-4-11/h5,7,9,11H,1-4,6,8H2. The van der Waals surface area contributed by atoms with E-state index in [0.717, 1.165) is 25.7 Å². The first-order valence-corrected chi connectivity index (χ1v) is 6.91. The molecule has 2 rings (SSSR count). The molecule has 0 heterocycles. The first kappa shape index (κ1) is 14.0. The first-order chi connectivity index (χ1) is 9.08. The van der Waals surface area contributed by atoms with E-state index in [0.29, 0.717) is 23.4 Å². The van der Waals surface area contributed by atoms with E-state index in [4.69, 9.17) is 11.6 Å². The third-order valence-electron chi connectivity index (χ3n) is 3.70. The number of aryl methyl sites for hydroxylation is 1. The maximum atomic E-state index is 12.0. The minimum absolute atomic E-state index is 0.00622. The van der Waals surface area contributed by atoms with Gasteiger partial charge in [0.2, 0.25) is 0 Å². The van der Waals surface area contributed by atoms with Crippen molar-refractivity contribution in [1.29, 1.82) is 0 Å². The van der Waals surface area contributed by atoms with Crippen LogP contribution >= 0.6 is 11.6 Å². The average Bonchev–Trinajstić information content (AvgIpc) is 2.90. The summed E-state index contributed by atoms with van der Waals surface area (Å²) in [5.41, 5.74) is 0.590. The quantitative estimate of drug-likeness (QED) is 0.607. The van der Waals surface area contributed by atoms with Crippen LogP contribution in [-0.4, -0.2) is 10.7 Å². The fraction of sp³-hybridized carbons (Fsp3) is 0.500. The van der Waals surface area contributed by atoms with Crippen molar-refractivity contribution in [3.05, 3.63) is 38.9 Å². The highest BCUT2D eigenvalue weighted by Gasteiger charge is 2.23. The van der Waals surface area contributed by atoms with Crippen molar-refractivity contribution in [2.75, 3.05) is 0 Å². The molecule has 1 aromatic carbocycles. The molecular formula is C14H16ClNO3. The van der Waals surface area contributed by atoms with Crippen LogP contribution in [-0.2, 0) is 11.2 Å². The van der Waals surface area contributed by atoms with Crippen molar-refractivity contribution in [3.63, 3.8) is 0 Å². The zero-order chi connectivity index (χ0) is 13.8. The van der Waals surface area contributed by atoms with Crippen LogP contribution < -0.4 is 0 Å². The van der Waals surface area contributed by atoms with E-state index in [1.165, 1.54) is 6.07 Å². The molecule has 0 radical (unpaired) electrons. The average molecular weight is 282 g/mol. The monoisotopic (exact) mass is 281 g/mol. The maximum Gasteiger partial charge on any atom is 0.274 e. The zero-order valence-electron chi connectivity index (χ0n) is 10.6. The summed E-state index contributed by atoms with van der Waals surface area (Å²) in [6, 6.07) is 4.61. The SMILES string of the molecule is O=C(CCc1ccc(Cl)cc1[N+](=O)[O-])C1CCCC1. The lowest BCUT2D eigenvalue weighted by atomic mass is 9.96. The van der Waals surface area contributed by atoms with Crippen LogP contribution in [0.2, 0.25) is 5.02 Å². The van der Waals surface area contributed by atoms with Crippen molar-refractivity contribution >= 4 is 23.1 Å². The van der Waals surface area contributed by atoms with Gasteiger partial charge >= 0.3 is 0 Å². The summed E-state index contributed by atoms with van der Waals surface area (Å²) in [5.74, 6) is 0.410. The molecule has 1 saturated carbocycles. The number of nitrogens with zero attached hydrogens (tertiary/aromatic N) is 1. The molecule has 0 bridgehead atoms. The van der Waals surface area contributed by atoms with E-state index < -0.39 is 4.92 Å². The number of benzene rings is 1. The number of Topliss-reactive ketones (excluding diaryl/α,β-unsaturated/α-hetero) is 1. The Balaban J connectivity index is 2.02. The highest BCUT2D eigenvalue weighted by Crippen LogP contribution is 2.28. The molecule has 1 aliphatic carbocycles. The number of rotatable bonds is 5. The van der Waals surface area contributed by atoms with Crippen LogP contribution in [0.4, 0.5) is 5.69 Å². The number of hydrogen-bond acceptors (Lipinski definition) is 3. The molecule has 4 nitrogen and oxygen atoms in total. The van der Waals surface area contributed by atoms with Gasteiger partial charge in [-0.3, -0.25) is 14.9 Å². The highest BCUT2D eigenvalue weighted by molar-refractivity contribution is 6.30. The lowest BCUT2D eigenvalue weighted by molar-refractivity contribution is -0.385. The van der Waals surface area contributed by atoms with Crippen LogP contribution in [0.5, 0.6) is 0 Å². The van der Waals surface area contributed by atoms with E-state index in [9.17, 15) is 14.9 Å². The molecule has 0 amide bonds. The second kappa shape index (κ2) is 6.15. The number of carbonyl (C=O) groups is 1. The van der Waals surface area contributed by atoms with Crippen molar-refractivity contribution in [3.8, 4) is 0 Å². The van der Waals surface area contributed by atoms with Gasteiger partial charge in [0.15, 0.2) is 0 Å². The molecule has 0 atom stereocenters. The predicted molar refractivity (Wildman–Crippen MR) is 73.4 cm³/mol. The van der Waals surface area contributed by atoms with Gasteiger partial charge in [-0.1, -0.05) is 30.5 Å². The number of nitro benzene ring substituents is 1. The minimum Gasteiger partial charge on any atom is -0.299 e. The molecule has 1 aromatic rings. The molecule has 0 saturated heterocycles. The van der Waals surface area contributed by atoms with E-state index in [1.807, 2.05) is 0 Å². The van der Waals surface area contributed by atoms with Crippen LogP contribution in [0, 0.1) is 16.0 Å². The molecule has 0 aromatic heterocycles. The number of ketones is 1. The summed E-state index contributed by atoms with van der Waals surface area (Å²) in [4.78, 5) is 22.5. The third kappa shape index (κ3) is 3.53. The van der Waals surface area contributed by atoms with E-state index >= 15 is 0 Å². The van der Waals surface area contributed by atoms with Crippen LogP contribution in [0.1, 0.15) is 37.7 Å². The Morgan fingerprint density at radius 1 is 1.37 bits per heavy atom. The molecule has 19 heavy (non-hydrogen) atoms. The smallest absolute Gasteiger partial charge is 0.274 e. The fourth-order valence-electron chi connectivity index (χ4n) is 2.63. The van der Waals surface area contributed by atoms with Gasteiger partial charge in [-0.15, -0.1) is 0 Å². The van der Waals surface area contributed by atoms with Crippen LogP contribution in [0.15, 0.2) is 18.2 Å². The fourth-order valence-corrected chi connectivity index (χ4v) is 2.79. The number of halogens is 1. The zero-order valence-corrected chi connectivity index (χ0v) is 11.4. The topological polar surface area (TPSA) is 60.2 Å². The predicted octanol–water partition coefficient (Wildman–Crippen LogP) is 3.94. The summed E-state index contributed by atoms with van der Waals surface area (Å²) in [7, 11) is 0. The van der Waals surface area contributed by atoms with Gasteiger partial charge in [-0.2, -0.15) is 0 Å². The molecule has 0 aliphatic heterocycles. The van der Waals surface area contributed by atoms with Gasteiger partial charge in [0.05, 0.1) is 4.92 Å². The van der Waals surface area contributed by atoms with Gasteiger partial charge in [0.1, 0.15) is 5.78 Å². The third-order valence-corrected chi connectivity index (χ3v) is 3.93. The van der Waals surface area contributed by atoms with Crippen molar-refractivity contribution in [1.82, 2.24) is 0 Å². The molecular weight excluding hydrogens is 266 g/mol.